The van der Waals surface area contributed by atoms with Crippen molar-refractivity contribution in [1.82, 2.24) is 15.2 Å². The van der Waals surface area contributed by atoms with E-state index in [9.17, 15) is 26.7 Å². The standard InChI is InChI=1S/C21H13F5N4O4/c1-9-29-30-20(33-9)17(34-14-7-6-12(22)15(16(14)23)18(27)31)19-28-13(8-32-19)10-2-4-11(5-3-10)21(24,25)26/h2-8,17H,1H3,(H2,27,31). The molecule has 0 aliphatic heterocycles. The monoisotopic (exact) mass is 480 g/mol. The largest absolute Gasteiger partial charge is 0.468 e. The number of aryl methyl sites for hydroxylation is 1. The lowest BCUT2D eigenvalue weighted by atomic mass is 10.1. The van der Waals surface area contributed by atoms with Crippen LogP contribution in [0.1, 0.15) is 39.7 Å². The average molecular weight is 480 g/mol. The summed E-state index contributed by atoms with van der Waals surface area (Å²) in [6.07, 6.45) is -4.83. The van der Waals surface area contributed by atoms with Crippen LogP contribution in [0.5, 0.6) is 5.75 Å². The maximum Gasteiger partial charge on any atom is 0.416 e. The highest BCUT2D eigenvalue weighted by molar-refractivity contribution is 5.93. The van der Waals surface area contributed by atoms with Crippen molar-refractivity contribution in [2.45, 2.75) is 19.2 Å². The predicted molar refractivity (Wildman–Crippen MR) is 103 cm³/mol. The van der Waals surface area contributed by atoms with Gasteiger partial charge in [-0.25, -0.2) is 13.8 Å². The Morgan fingerprint density at radius 1 is 1.06 bits per heavy atom. The third-order valence-corrected chi connectivity index (χ3v) is 4.57. The summed E-state index contributed by atoms with van der Waals surface area (Å²) in [5, 5.41) is 7.44. The minimum absolute atomic E-state index is 0.121. The Bertz CT molecular complexity index is 1350. The van der Waals surface area contributed by atoms with Crippen LogP contribution in [-0.4, -0.2) is 21.1 Å². The molecule has 13 heteroatoms. The van der Waals surface area contributed by atoms with Gasteiger partial charge in [0.05, 0.1) is 5.56 Å². The number of rotatable bonds is 6. The molecule has 0 saturated heterocycles. The summed E-state index contributed by atoms with van der Waals surface area (Å²) in [5.41, 5.74) is 3.58. The van der Waals surface area contributed by atoms with E-state index in [4.69, 9.17) is 19.3 Å². The van der Waals surface area contributed by atoms with Crippen LogP contribution in [0, 0.1) is 18.6 Å². The number of benzene rings is 2. The molecule has 2 heterocycles. The molecule has 2 aromatic heterocycles. The minimum atomic E-state index is -4.51. The molecule has 0 spiro atoms. The summed E-state index contributed by atoms with van der Waals surface area (Å²) in [7, 11) is 0. The first kappa shape index (κ1) is 22.9. The van der Waals surface area contributed by atoms with Crippen LogP contribution in [0.25, 0.3) is 11.3 Å². The van der Waals surface area contributed by atoms with Crippen LogP contribution >= 0.6 is 0 Å². The lowest BCUT2D eigenvalue weighted by Crippen LogP contribution is -2.18. The molecular formula is C21H13F5N4O4. The van der Waals surface area contributed by atoms with Gasteiger partial charge in [-0.3, -0.25) is 4.79 Å². The van der Waals surface area contributed by atoms with E-state index in [1.807, 2.05) is 0 Å². The van der Waals surface area contributed by atoms with E-state index in [1.54, 1.807) is 0 Å². The second-order valence-corrected chi connectivity index (χ2v) is 6.90. The fourth-order valence-electron chi connectivity index (χ4n) is 2.97. The number of ether oxygens (including phenoxy) is 1. The number of carbonyl (C=O) groups is 1. The molecule has 0 aliphatic carbocycles. The maximum absolute atomic E-state index is 14.7. The van der Waals surface area contributed by atoms with Gasteiger partial charge in [0.2, 0.25) is 11.8 Å². The Labute approximate surface area is 187 Å². The Hall–Kier alpha value is -4.29. The number of nitrogens with zero attached hydrogens (tertiary/aromatic N) is 3. The number of oxazole rings is 1. The Morgan fingerprint density at radius 3 is 2.35 bits per heavy atom. The van der Waals surface area contributed by atoms with Crippen molar-refractivity contribution in [3.63, 3.8) is 0 Å². The SMILES string of the molecule is Cc1nnc(C(Oc2ccc(F)c(C(N)=O)c2F)c2nc(-c3ccc(C(F)(F)F)cc3)co2)o1. The molecule has 0 bridgehead atoms. The van der Waals surface area contributed by atoms with Crippen molar-refractivity contribution in [3.05, 3.63) is 83.1 Å². The molecule has 176 valence electrons. The number of nitrogens with two attached hydrogens (primary N) is 1. The lowest BCUT2D eigenvalue weighted by molar-refractivity contribution is -0.137. The van der Waals surface area contributed by atoms with Gasteiger partial charge in [0, 0.05) is 12.5 Å². The zero-order valence-corrected chi connectivity index (χ0v) is 17.1. The Morgan fingerprint density at radius 2 is 1.76 bits per heavy atom. The fraction of sp³-hybridized carbons (Fsp3) is 0.143. The number of primary amides is 1. The first-order chi connectivity index (χ1) is 16.0. The van der Waals surface area contributed by atoms with Crippen molar-refractivity contribution in [3.8, 4) is 17.0 Å². The normalized spacial score (nSPS) is 12.5. The molecule has 34 heavy (non-hydrogen) atoms. The smallest absolute Gasteiger partial charge is 0.416 e. The second kappa shape index (κ2) is 8.57. The molecule has 8 nitrogen and oxygen atoms in total. The molecule has 1 unspecified atom stereocenters. The molecule has 2 aromatic carbocycles. The summed E-state index contributed by atoms with van der Waals surface area (Å²) >= 11 is 0. The van der Waals surface area contributed by atoms with Crippen LogP contribution in [-0.2, 0) is 6.18 Å². The molecule has 2 N–H and O–H groups in total. The molecule has 4 rings (SSSR count). The Balaban J connectivity index is 1.71. The highest BCUT2D eigenvalue weighted by Gasteiger charge is 2.32. The third kappa shape index (κ3) is 4.44. The summed E-state index contributed by atoms with van der Waals surface area (Å²) < 4.78 is 83.2. The van der Waals surface area contributed by atoms with Crippen LogP contribution < -0.4 is 10.5 Å². The van der Waals surface area contributed by atoms with Crippen molar-refractivity contribution in [1.29, 1.82) is 0 Å². The minimum Gasteiger partial charge on any atom is -0.468 e. The summed E-state index contributed by atoms with van der Waals surface area (Å²) in [4.78, 5) is 15.6. The Kier molecular flexibility index (Phi) is 5.77. The number of aromatic nitrogens is 3. The van der Waals surface area contributed by atoms with Gasteiger partial charge >= 0.3 is 6.18 Å². The highest BCUT2D eigenvalue weighted by Crippen LogP contribution is 2.34. The van der Waals surface area contributed by atoms with E-state index in [-0.39, 0.29) is 28.9 Å². The lowest BCUT2D eigenvalue weighted by Gasteiger charge is -2.14. The number of amides is 1. The van der Waals surface area contributed by atoms with E-state index in [0.717, 1.165) is 30.5 Å². The van der Waals surface area contributed by atoms with Gasteiger partial charge in [-0.15, -0.1) is 10.2 Å². The fourth-order valence-corrected chi connectivity index (χ4v) is 2.97. The average Bonchev–Trinajstić information content (AvgIpc) is 3.42. The maximum atomic E-state index is 14.7. The topological polar surface area (TPSA) is 117 Å². The summed E-state index contributed by atoms with van der Waals surface area (Å²) in [5.74, 6) is -4.84. The third-order valence-electron chi connectivity index (χ3n) is 4.57. The van der Waals surface area contributed by atoms with Gasteiger partial charge in [0.15, 0.2) is 11.6 Å². The van der Waals surface area contributed by atoms with E-state index >= 15 is 0 Å². The van der Waals surface area contributed by atoms with Gasteiger partial charge in [-0.2, -0.15) is 13.2 Å². The summed E-state index contributed by atoms with van der Waals surface area (Å²) in [6, 6.07) is 5.81. The van der Waals surface area contributed by atoms with Gasteiger partial charge < -0.3 is 19.3 Å². The molecular weight excluding hydrogens is 467 g/mol. The van der Waals surface area contributed by atoms with Crippen molar-refractivity contribution in [2.24, 2.45) is 5.73 Å². The number of halogens is 5. The van der Waals surface area contributed by atoms with Gasteiger partial charge in [-0.1, -0.05) is 12.1 Å². The van der Waals surface area contributed by atoms with Crippen LogP contribution in [0.4, 0.5) is 22.0 Å². The molecule has 0 aliphatic rings. The predicted octanol–water partition coefficient (Wildman–Crippen LogP) is 4.60. The first-order valence-corrected chi connectivity index (χ1v) is 9.42. The van der Waals surface area contributed by atoms with Crippen molar-refractivity contribution < 1.29 is 40.3 Å². The molecule has 0 fully saturated rings. The van der Waals surface area contributed by atoms with E-state index < -0.39 is 46.7 Å². The highest BCUT2D eigenvalue weighted by atomic mass is 19.4. The molecule has 0 saturated carbocycles. The van der Waals surface area contributed by atoms with E-state index in [2.05, 4.69) is 15.2 Å². The molecule has 1 atom stereocenters. The molecule has 4 aromatic rings. The zero-order valence-electron chi connectivity index (χ0n) is 17.1. The number of alkyl halides is 3. The zero-order chi connectivity index (χ0) is 24.6. The van der Waals surface area contributed by atoms with Gasteiger partial charge in [-0.05, 0) is 24.3 Å². The first-order valence-electron chi connectivity index (χ1n) is 9.42. The molecule has 0 radical (unpaired) electrons. The number of hydrogen-bond donors (Lipinski definition) is 1. The van der Waals surface area contributed by atoms with Crippen LogP contribution in [0.2, 0.25) is 0 Å². The number of carbonyl (C=O) groups excluding carboxylic acids is 1. The van der Waals surface area contributed by atoms with Gasteiger partial charge in [0.25, 0.3) is 17.9 Å². The number of hydrogen-bond acceptors (Lipinski definition) is 7. The van der Waals surface area contributed by atoms with E-state index in [1.165, 1.54) is 19.1 Å². The second-order valence-electron chi connectivity index (χ2n) is 6.90. The van der Waals surface area contributed by atoms with Crippen molar-refractivity contribution in [2.75, 3.05) is 0 Å². The summed E-state index contributed by atoms with van der Waals surface area (Å²) in [6.45, 7) is 1.47. The van der Waals surface area contributed by atoms with E-state index in [0.29, 0.717) is 0 Å². The van der Waals surface area contributed by atoms with Gasteiger partial charge in [0.1, 0.15) is 23.3 Å². The van der Waals surface area contributed by atoms with Crippen molar-refractivity contribution >= 4 is 5.91 Å². The van der Waals surface area contributed by atoms with Crippen LogP contribution in [0.3, 0.4) is 0 Å². The quantitative estimate of drug-likeness (QED) is 0.401. The molecule has 1 amide bonds. The van der Waals surface area contributed by atoms with Crippen LogP contribution in [0.15, 0.2) is 51.5 Å².